The van der Waals surface area contributed by atoms with Crippen LogP contribution in [0.1, 0.15) is 25.0 Å². The molecule has 0 heterocycles. The van der Waals surface area contributed by atoms with Crippen molar-refractivity contribution in [2.45, 2.75) is 26.7 Å². The largest absolute Gasteiger partial charge is 0.503 e. The number of phenols is 1. The van der Waals surface area contributed by atoms with E-state index in [1.165, 1.54) is 13.8 Å². The van der Waals surface area contributed by atoms with E-state index in [0.717, 1.165) is 11.1 Å². The van der Waals surface area contributed by atoms with Crippen LogP contribution in [0.2, 0.25) is 0 Å². The van der Waals surface area contributed by atoms with Gasteiger partial charge in [-0.1, -0.05) is 0 Å². The molecule has 0 fully saturated rings. The van der Waals surface area contributed by atoms with Gasteiger partial charge >= 0.3 is 0 Å². The normalized spacial score (nSPS) is 10.5. The van der Waals surface area contributed by atoms with E-state index < -0.39 is 0 Å². The molecular formula is C20H21Br3N2O4. The van der Waals surface area contributed by atoms with Crippen LogP contribution in [-0.4, -0.2) is 30.0 Å². The summed E-state index contributed by atoms with van der Waals surface area (Å²) in [6, 6.07) is 7.36. The fourth-order valence-electron chi connectivity index (χ4n) is 2.58. The number of benzene rings is 2. The lowest BCUT2D eigenvalue weighted by atomic mass is 10.1. The zero-order valence-corrected chi connectivity index (χ0v) is 20.7. The zero-order chi connectivity index (χ0) is 21.6. The van der Waals surface area contributed by atoms with Crippen molar-refractivity contribution >= 4 is 59.6 Å². The third-order valence-corrected chi connectivity index (χ3v) is 5.72. The molecule has 0 saturated heterocycles. The Hall–Kier alpha value is -1.58. The van der Waals surface area contributed by atoms with E-state index in [0.29, 0.717) is 50.8 Å². The molecule has 156 valence electrons. The molecule has 2 aromatic carbocycles. The van der Waals surface area contributed by atoms with Crippen LogP contribution in [-0.2, 0) is 22.4 Å². The van der Waals surface area contributed by atoms with E-state index in [1.807, 2.05) is 12.1 Å². The van der Waals surface area contributed by atoms with Gasteiger partial charge in [0.15, 0.2) is 17.2 Å². The van der Waals surface area contributed by atoms with Crippen molar-refractivity contribution in [3.63, 3.8) is 0 Å². The molecule has 0 bridgehead atoms. The SMILES string of the molecule is CC(=O)NCCc1cc(Br)c(Oc2cc(CCNC(C)=O)cc(Br)c2O)c(Br)c1. The van der Waals surface area contributed by atoms with E-state index in [9.17, 15) is 14.7 Å². The maximum Gasteiger partial charge on any atom is 0.216 e. The Morgan fingerprint density at radius 1 is 0.862 bits per heavy atom. The molecule has 0 aliphatic carbocycles. The molecule has 2 rings (SSSR count). The fourth-order valence-corrected chi connectivity index (χ4v) is 4.51. The van der Waals surface area contributed by atoms with Crippen LogP contribution in [0.5, 0.6) is 17.2 Å². The summed E-state index contributed by atoms with van der Waals surface area (Å²) in [6.45, 7) is 3.98. The minimum atomic E-state index is -0.0919. The van der Waals surface area contributed by atoms with Gasteiger partial charge in [0.05, 0.1) is 13.4 Å². The van der Waals surface area contributed by atoms with Crippen LogP contribution < -0.4 is 15.4 Å². The van der Waals surface area contributed by atoms with Crippen molar-refractivity contribution in [2.24, 2.45) is 0 Å². The average molecular weight is 593 g/mol. The molecule has 0 aromatic heterocycles. The molecule has 2 aromatic rings. The number of hydrogen-bond acceptors (Lipinski definition) is 4. The lowest BCUT2D eigenvalue weighted by Gasteiger charge is -2.15. The lowest BCUT2D eigenvalue weighted by Crippen LogP contribution is -2.22. The van der Waals surface area contributed by atoms with Crippen LogP contribution in [0.3, 0.4) is 0 Å². The van der Waals surface area contributed by atoms with Crippen molar-refractivity contribution in [1.82, 2.24) is 10.6 Å². The second-order valence-corrected chi connectivity index (χ2v) is 8.94. The maximum atomic E-state index is 11.0. The summed E-state index contributed by atoms with van der Waals surface area (Å²) >= 11 is 10.4. The van der Waals surface area contributed by atoms with Gasteiger partial charge in [-0.3, -0.25) is 9.59 Å². The number of hydrogen-bond donors (Lipinski definition) is 3. The van der Waals surface area contributed by atoms with E-state index in [-0.39, 0.29) is 17.6 Å². The summed E-state index contributed by atoms with van der Waals surface area (Å²) < 4.78 is 7.92. The van der Waals surface area contributed by atoms with Crippen molar-refractivity contribution in [2.75, 3.05) is 13.1 Å². The molecule has 0 radical (unpaired) electrons. The Kier molecular flexibility index (Phi) is 8.98. The van der Waals surface area contributed by atoms with Gasteiger partial charge in [-0.15, -0.1) is 0 Å². The Balaban J connectivity index is 2.20. The van der Waals surface area contributed by atoms with Gasteiger partial charge in [0.25, 0.3) is 0 Å². The van der Waals surface area contributed by atoms with Crippen LogP contribution in [0, 0.1) is 0 Å². The standard InChI is InChI=1S/C20H21Br3N2O4/c1-11(26)24-5-3-13-8-16(22)20(17(23)9-13)29-18-10-14(4-6-25-12(2)27)7-15(21)19(18)28/h7-10,28H,3-6H2,1-2H3,(H,24,26)(H,25,27). The van der Waals surface area contributed by atoms with Crippen LogP contribution in [0.25, 0.3) is 0 Å². The highest BCUT2D eigenvalue weighted by Gasteiger charge is 2.15. The second kappa shape index (κ2) is 11.0. The number of nitrogens with one attached hydrogen (secondary N) is 2. The van der Waals surface area contributed by atoms with E-state index in [4.69, 9.17) is 4.74 Å². The highest BCUT2D eigenvalue weighted by Crippen LogP contribution is 2.43. The average Bonchev–Trinajstić information content (AvgIpc) is 2.61. The monoisotopic (exact) mass is 590 g/mol. The summed E-state index contributed by atoms with van der Waals surface area (Å²) in [4.78, 5) is 22.1. The number of aromatic hydroxyl groups is 1. The van der Waals surface area contributed by atoms with Crippen LogP contribution in [0.4, 0.5) is 0 Å². The van der Waals surface area contributed by atoms with Crippen molar-refractivity contribution in [3.05, 3.63) is 48.8 Å². The molecule has 0 spiro atoms. The molecule has 0 aliphatic heterocycles. The minimum Gasteiger partial charge on any atom is -0.503 e. The predicted molar refractivity (Wildman–Crippen MR) is 122 cm³/mol. The lowest BCUT2D eigenvalue weighted by molar-refractivity contribution is -0.119. The number of amides is 2. The van der Waals surface area contributed by atoms with Gasteiger partial charge in [0.2, 0.25) is 11.8 Å². The Morgan fingerprint density at radius 3 is 1.79 bits per heavy atom. The van der Waals surface area contributed by atoms with Gasteiger partial charge in [-0.25, -0.2) is 0 Å². The molecule has 0 aliphatic rings. The highest BCUT2D eigenvalue weighted by molar-refractivity contribution is 9.11. The van der Waals surface area contributed by atoms with Crippen molar-refractivity contribution in [1.29, 1.82) is 0 Å². The van der Waals surface area contributed by atoms with Gasteiger partial charge in [0, 0.05) is 26.9 Å². The minimum absolute atomic E-state index is 0.0122. The quantitative estimate of drug-likeness (QED) is 0.410. The number of halogens is 3. The van der Waals surface area contributed by atoms with Gasteiger partial charge in [-0.2, -0.15) is 0 Å². The summed E-state index contributed by atoms with van der Waals surface area (Å²) in [5, 5.41) is 15.9. The van der Waals surface area contributed by atoms with E-state index in [2.05, 4.69) is 58.4 Å². The molecular weight excluding hydrogens is 572 g/mol. The molecule has 2 amide bonds. The molecule has 29 heavy (non-hydrogen) atoms. The Morgan fingerprint density at radius 2 is 1.31 bits per heavy atom. The summed E-state index contributed by atoms with van der Waals surface area (Å²) in [6.07, 6.45) is 1.27. The zero-order valence-electron chi connectivity index (χ0n) is 15.9. The number of rotatable bonds is 8. The Bertz CT molecular complexity index is 896. The number of carbonyl (C=O) groups is 2. The number of ether oxygens (including phenoxy) is 1. The third-order valence-electron chi connectivity index (χ3n) is 3.93. The molecule has 6 nitrogen and oxygen atoms in total. The first-order chi connectivity index (χ1) is 13.7. The first-order valence-electron chi connectivity index (χ1n) is 8.83. The topological polar surface area (TPSA) is 87.7 Å². The summed E-state index contributed by atoms with van der Waals surface area (Å²) in [7, 11) is 0. The molecule has 0 unspecified atom stereocenters. The Labute approximate surface area is 194 Å². The van der Waals surface area contributed by atoms with Crippen LogP contribution >= 0.6 is 47.8 Å². The van der Waals surface area contributed by atoms with Crippen molar-refractivity contribution < 1.29 is 19.4 Å². The van der Waals surface area contributed by atoms with Gasteiger partial charge in [-0.05, 0) is 96.0 Å². The predicted octanol–water partition coefficient (Wildman–Crippen LogP) is 4.83. The molecule has 3 N–H and O–H groups in total. The van der Waals surface area contributed by atoms with E-state index in [1.54, 1.807) is 12.1 Å². The number of phenolic OH excluding ortho intramolecular Hbond substituents is 1. The highest BCUT2D eigenvalue weighted by atomic mass is 79.9. The number of carbonyl (C=O) groups excluding carboxylic acids is 2. The second-order valence-electron chi connectivity index (χ2n) is 6.38. The smallest absolute Gasteiger partial charge is 0.216 e. The molecule has 9 heteroatoms. The molecule has 0 saturated carbocycles. The maximum absolute atomic E-state index is 11.0. The van der Waals surface area contributed by atoms with Gasteiger partial charge < -0.3 is 20.5 Å². The third kappa shape index (κ3) is 7.31. The van der Waals surface area contributed by atoms with Gasteiger partial charge in [0.1, 0.15) is 0 Å². The fraction of sp³-hybridized carbons (Fsp3) is 0.300. The first kappa shape index (κ1) is 23.7. The van der Waals surface area contributed by atoms with E-state index >= 15 is 0 Å². The summed E-state index contributed by atoms with van der Waals surface area (Å²) in [5.41, 5.74) is 1.91. The van der Waals surface area contributed by atoms with Crippen LogP contribution in [0.15, 0.2) is 37.7 Å². The van der Waals surface area contributed by atoms with Crippen molar-refractivity contribution in [3.8, 4) is 17.2 Å². The molecule has 0 atom stereocenters. The first-order valence-corrected chi connectivity index (χ1v) is 11.2. The summed E-state index contributed by atoms with van der Waals surface area (Å²) in [5.74, 6) is 0.647.